The molecule has 2 heterocycles. The lowest BCUT2D eigenvalue weighted by Crippen LogP contribution is -2.48. The van der Waals surface area contributed by atoms with Crippen LogP contribution in [0.3, 0.4) is 0 Å². The molecule has 1 saturated heterocycles. The minimum absolute atomic E-state index is 0.0295. The van der Waals surface area contributed by atoms with Crippen LogP contribution in [-0.2, 0) is 4.74 Å². The van der Waals surface area contributed by atoms with Crippen molar-refractivity contribution in [2.45, 2.75) is 44.8 Å². The van der Waals surface area contributed by atoms with Crippen LogP contribution in [0.5, 0.6) is 0 Å². The maximum atomic E-state index is 12.7. The van der Waals surface area contributed by atoms with E-state index in [0.717, 1.165) is 38.2 Å². The van der Waals surface area contributed by atoms with E-state index in [-0.39, 0.29) is 18.1 Å². The Morgan fingerprint density at radius 1 is 1.35 bits per heavy atom. The lowest BCUT2D eigenvalue weighted by molar-refractivity contribution is -0.0685. The van der Waals surface area contributed by atoms with E-state index in [2.05, 4.69) is 28.7 Å². The van der Waals surface area contributed by atoms with Gasteiger partial charge in [-0.3, -0.25) is 9.69 Å². The van der Waals surface area contributed by atoms with Crippen molar-refractivity contribution in [2.24, 2.45) is 0 Å². The van der Waals surface area contributed by atoms with Crippen LogP contribution >= 0.6 is 0 Å². The van der Waals surface area contributed by atoms with Crippen LogP contribution in [0, 0.1) is 0 Å². The van der Waals surface area contributed by atoms with Crippen molar-refractivity contribution in [2.75, 3.05) is 33.2 Å². The Labute approximate surface area is 137 Å². The fraction of sp³-hybridized carbons (Fsp3) is 0.706. The van der Waals surface area contributed by atoms with Gasteiger partial charge in [0.25, 0.3) is 5.91 Å². The smallest absolute Gasteiger partial charge is 0.257 e. The Hall–Kier alpha value is -1.53. The van der Waals surface area contributed by atoms with Gasteiger partial charge in [0.2, 0.25) is 0 Å². The summed E-state index contributed by atoms with van der Waals surface area (Å²) in [5.74, 6) is 0.480. The van der Waals surface area contributed by atoms with E-state index in [0.29, 0.717) is 18.0 Å². The Morgan fingerprint density at radius 3 is 2.70 bits per heavy atom. The summed E-state index contributed by atoms with van der Waals surface area (Å²) in [6.45, 7) is 7.62. The molecular formula is C17H26N4O2. The Balaban J connectivity index is 1.58. The third-order valence-electron chi connectivity index (χ3n) is 4.53. The van der Waals surface area contributed by atoms with Gasteiger partial charge in [-0.2, -0.15) is 0 Å². The normalized spacial score (nSPS) is 25.3. The summed E-state index contributed by atoms with van der Waals surface area (Å²) in [5, 5.41) is 0. The highest BCUT2D eigenvalue weighted by atomic mass is 16.5. The van der Waals surface area contributed by atoms with Crippen molar-refractivity contribution in [3.63, 3.8) is 0 Å². The number of morpholine rings is 1. The highest BCUT2D eigenvalue weighted by Gasteiger charge is 2.30. The number of hydrogen-bond donors (Lipinski definition) is 0. The summed E-state index contributed by atoms with van der Waals surface area (Å²) in [5.41, 5.74) is 1.59. The molecule has 0 radical (unpaired) electrons. The third kappa shape index (κ3) is 4.06. The molecule has 1 amide bonds. The molecule has 1 aliphatic carbocycles. The molecular weight excluding hydrogens is 292 g/mol. The maximum absolute atomic E-state index is 12.7. The van der Waals surface area contributed by atoms with Crippen molar-refractivity contribution in [3.05, 3.63) is 23.8 Å². The summed E-state index contributed by atoms with van der Waals surface area (Å²) in [6, 6.07) is 0. The zero-order valence-corrected chi connectivity index (χ0v) is 14.2. The molecule has 6 heteroatoms. The van der Waals surface area contributed by atoms with Gasteiger partial charge in [0, 0.05) is 45.3 Å². The average Bonchev–Trinajstić information content (AvgIpc) is 3.36. The molecule has 126 valence electrons. The van der Waals surface area contributed by atoms with Crippen LogP contribution in [0.1, 0.15) is 48.7 Å². The Bertz CT molecular complexity index is 551. The SMILES string of the molecule is C[C@@H]1CN(CCN(C)C(=O)c2cncnc2C2CC2)C[C@H](C)O1. The van der Waals surface area contributed by atoms with Crippen LogP contribution in [0.15, 0.2) is 12.5 Å². The van der Waals surface area contributed by atoms with Crippen molar-refractivity contribution in [1.29, 1.82) is 0 Å². The van der Waals surface area contributed by atoms with Crippen LogP contribution in [0.25, 0.3) is 0 Å². The predicted molar refractivity (Wildman–Crippen MR) is 87.4 cm³/mol. The minimum Gasteiger partial charge on any atom is -0.373 e. The number of likely N-dealkylation sites (N-methyl/N-ethyl adjacent to an activating group) is 1. The first-order valence-electron chi connectivity index (χ1n) is 8.47. The van der Waals surface area contributed by atoms with Gasteiger partial charge >= 0.3 is 0 Å². The van der Waals surface area contributed by atoms with E-state index in [1.54, 1.807) is 17.4 Å². The summed E-state index contributed by atoms with van der Waals surface area (Å²) < 4.78 is 5.75. The number of rotatable bonds is 5. The van der Waals surface area contributed by atoms with E-state index in [1.165, 1.54) is 0 Å². The van der Waals surface area contributed by atoms with Crippen molar-refractivity contribution >= 4 is 5.91 Å². The van der Waals surface area contributed by atoms with E-state index in [1.807, 2.05) is 7.05 Å². The van der Waals surface area contributed by atoms with Gasteiger partial charge in [0.15, 0.2) is 0 Å². The topological polar surface area (TPSA) is 58.6 Å². The van der Waals surface area contributed by atoms with Gasteiger partial charge in [0.1, 0.15) is 6.33 Å². The molecule has 0 aromatic carbocycles. The molecule has 6 nitrogen and oxygen atoms in total. The molecule has 3 rings (SSSR count). The van der Waals surface area contributed by atoms with Gasteiger partial charge < -0.3 is 9.64 Å². The molecule has 2 atom stereocenters. The second kappa shape index (κ2) is 6.93. The van der Waals surface area contributed by atoms with Crippen LogP contribution in [0.2, 0.25) is 0 Å². The fourth-order valence-corrected chi connectivity index (χ4v) is 3.25. The van der Waals surface area contributed by atoms with Gasteiger partial charge in [0.05, 0.1) is 23.5 Å². The van der Waals surface area contributed by atoms with Gasteiger partial charge in [-0.05, 0) is 26.7 Å². The average molecular weight is 318 g/mol. The Kier molecular flexibility index (Phi) is 4.92. The van der Waals surface area contributed by atoms with Crippen molar-refractivity contribution in [1.82, 2.24) is 19.8 Å². The third-order valence-corrected chi connectivity index (χ3v) is 4.53. The number of carbonyl (C=O) groups excluding carboxylic acids is 1. The first kappa shape index (κ1) is 16.3. The predicted octanol–water partition coefficient (Wildman–Crippen LogP) is 1.54. The standard InChI is InChI=1S/C17H26N4O2/c1-12-9-21(10-13(2)23-12)7-6-20(3)17(22)15-8-18-11-19-16(15)14-4-5-14/h8,11-14H,4-7,9-10H2,1-3H3/t12-,13+. The highest BCUT2D eigenvalue weighted by Crippen LogP contribution is 2.40. The zero-order chi connectivity index (χ0) is 16.4. The number of aromatic nitrogens is 2. The molecule has 23 heavy (non-hydrogen) atoms. The zero-order valence-electron chi connectivity index (χ0n) is 14.2. The number of nitrogens with zero attached hydrogens (tertiary/aromatic N) is 4. The molecule has 0 unspecified atom stereocenters. The van der Waals surface area contributed by atoms with Crippen LogP contribution < -0.4 is 0 Å². The van der Waals surface area contributed by atoms with E-state index >= 15 is 0 Å². The monoisotopic (exact) mass is 318 g/mol. The minimum atomic E-state index is 0.0295. The molecule has 1 aromatic heterocycles. The van der Waals surface area contributed by atoms with Crippen molar-refractivity contribution in [3.8, 4) is 0 Å². The van der Waals surface area contributed by atoms with Crippen LogP contribution in [-0.4, -0.2) is 71.1 Å². The van der Waals surface area contributed by atoms with Gasteiger partial charge in [-0.1, -0.05) is 0 Å². The number of amides is 1. The second-order valence-electron chi connectivity index (χ2n) is 6.84. The number of ether oxygens (including phenoxy) is 1. The molecule has 0 spiro atoms. The van der Waals surface area contributed by atoms with Gasteiger partial charge in [-0.15, -0.1) is 0 Å². The summed E-state index contributed by atoms with van der Waals surface area (Å²) in [4.78, 5) is 25.2. The first-order chi connectivity index (χ1) is 11.0. The first-order valence-corrected chi connectivity index (χ1v) is 8.47. The lowest BCUT2D eigenvalue weighted by Gasteiger charge is -2.36. The van der Waals surface area contributed by atoms with Crippen molar-refractivity contribution < 1.29 is 9.53 Å². The van der Waals surface area contributed by atoms with Crippen LogP contribution in [0.4, 0.5) is 0 Å². The summed E-state index contributed by atoms with van der Waals surface area (Å²) in [7, 11) is 1.86. The molecule has 2 fully saturated rings. The van der Waals surface area contributed by atoms with Gasteiger partial charge in [-0.25, -0.2) is 9.97 Å². The molecule has 1 aliphatic heterocycles. The fourth-order valence-electron chi connectivity index (χ4n) is 3.25. The molecule has 2 aliphatic rings. The largest absolute Gasteiger partial charge is 0.373 e. The number of carbonyl (C=O) groups is 1. The highest BCUT2D eigenvalue weighted by molar-refractivity contribution is 5.95. The lowest BCUT2D eigenvalue weighted by atomic mass is 10.1. The molecule has 1 aromatic rings. The van der Waals surface area contributed by atoms with E-state index in [4.69, 9.17) is 4.74 Å². The number of hydrogen-bond acceptors (Lipinski definition) is 5. The van der Waals surface area contributed by atoms with E-state index < -0.39 is 0 Å². The quantitative estimate of drug-likeness (QED) is 0.824. The maximum Gasteiger partial charge on any atom is 0.257 e. The molecule has 1 saturated carbocycles. The second-order valence-corrected chi connectivity index (χ2v) is 6.84. The van der Waals surface area contributed by atoms with E-state index in [9.17, 15) is 4.79 Å². The Morgan fingerprint density at radius 2 is 2.04 bits per heavy atom. The molecule has 0 bridgehead atoms. The summed E-state index contributed by atoms with van der Waals surface area (Å²) in [6.07, 6.45) is 5.97. The molecule has 0 N–H and O–H groups in total. The summed E-state index contributed by atoms with van der Waals surface area (Å²) >= 11 is 0.